The second-order valence-electron chi connectivity index (χ2n) is 5.07. The molecular weight excluding hydrogens is 242 g/mol. The van der Waals surface area contributed by atoms with Crippen LogP contribution in [-0.4, -0.2) is 16.6 Å². The zero-order chi connectivity index (χ0) is 13.2. The maximum Gasteiger partial charge on any atom is 0.258 e. The number of ether oxygens (including phenoxy) is 1. The van der Waals surface area contributed by atoms with Gasteiger partial charge in [-0.1, -0.05) is 19.3 Å². The fraction of sp³-hybridized carbons (Fsp3) is 0.429. The molecule has 2 aromatic rings. The summed E-state index contributed by atoms with van der Waals surface area (Å²) in [5.74, 6) is 1.42. The molecule has 1 aromatic heterocycles. The van der Waals surface area contributed by atoms with Crippen LogP contribution in [0.5, 0.6) is 5.75 Å². The predicted molar refractivity (Wildman–Crippen MR) is 74.2 cm³/mol. The van der Waals surface area contributed by atoms with Crippen LogP contribution >= 0.6 is 0 Å². The van der Waals surface area contributed by atoms with Crippen LogP contribution in [0, 0.1) is 5.92 Å². The lowest BCUT2D eigenvalue weighted by atomic mass is 9.83. The highest BCUT2D eigenvalue weighted by atomic mass is 16.5. The van der Waals surface area contributed by atoms with Crippen molar-refractivity contribution in [1.29, 1.82) is 0 Å². The monoisotopic (exact) mass is 259 g/mol. The second kappa shape index (κ2) is 4.91. The zero-order valence-corrected chi connectivity index (χ0v) is 10.7. The van der Waals surface area contributed by atoms with Gasteiger partial charge in [-0.25, -0.2) is 4.98 Å². The third-order valence-electron chi connectivity index (χ3n) is 3.78. The minimum Gasteiger partial charge on any atom is -0.491 e. The molecule has 0 aliphatic heterocycles. The van der Waals surface area contributed by atoms with Crippen LogP contribution in [-0.2, 0) is 0 Å². The van der Waals surface area contributed by atoms with Crippen molar-refractivity contribution in [3.05, 3.63) is 28.8 Å². The van der Waals surface area contributed by atoms with Crippen molar-refractivity contribution in [2.75, 3.05) is 12.3 Å². The van der Waals surface area contributed by atoms with E-state index in [-0.39, 0.29) is 5.56 Å². The van der Waals surface area contributed by atoms with Gasteiger partial charge in [-0.05, 0) is 18.4 Å². The van der Waals surface area contributed by atoms with Crippen LogP contribution < -0.4 is 16.0 Å². The number of aromatic nitrogens is 2. The van der Waals surface area contributed by atoms with Crippen LogP contribution in [0.1, 0.15) is 25.7 Å². The Morgan fingerprint density at radius 2 is 2.26 bits per heavy atom. The maximum absolute atomic E-state index is 11.6. The standard InChI is InChI=1S/C14H17N3O2/c15-11-6-10-12(16-8-17-14(10)18)7-13(11)19-5-4-9-2-1-3-9/h6-9H,1-5,15H2,(H,16,17,18). The molecule has 5 nitrogen and oxygen atoms in total. The molecule has 1 aromatic carbocycles. The summed E-state index contributed by atoms with van der Waals surface area (Å²) < 4.78 is 5.71. The number of aromatic amines is 1. The number of anilines is 1. The molecule has 1 aliphatic rings. The van der Waals surface area contributed by atoms with Crippen molar-refractivity contribution >= 4 is 16.6 Å². The quantitative estimate of drug-likeness (QED) is 0.824. The second-order valence-corrected chi connectivity index (χ2v) is 5.07. The third kappa shape index (κ3) is 2.41. The van der Waals surface area contributed by atoms with Gasteiger partial charge in [-0.2, -0.15) is 0 Å². The number of benzene rings is 1. The molecule has 19 heavy (non-hydrogen) atoms. The van der Waals surface area contributed by atoms with Gasteiger partial charge in [0, 0.05) is 6.07 Å². The Kier molecular flexibility index (Phi) is 3.11. The molecule has 0 amide bonds. The molecule has 1 saturated carbocycles. The number of fused-ring (bicyclic) bond motifs is 1. The molecule has 0 bridgehead atoms. The first kappa shape index (κ1) is 12.0. The van der Waals surface area contributed by atoms with E-state index in [1.807, 2.05) is 0 Å². The first-order chi connectivity index (χ1) is 9.24. The molecule has 0 unspecified atom stereocenters. The van der Waals surface area contributed by atoms with Crippen molar-refractivity contribution in [3.63, 3.8) is 0 Å². The smallest absolute Gasteiger partial charge is 0.258 e. The Hall–Kier alpha value is -2.04. The molecule has 0 saturated heterocycles. The fourth-order valence-corrected chi connectivity index (χ4v) is 2.35. The van der Waals surface area contributed by atoms with E-state index in [1.165, 1.54) is 25.6 Å². The van der Waals surface area contributed by atoms with Crippen LogP contribution in [0.25, 0.3) is 10.9 Å². The van der Waals surface area contributed by atoms with Gasteiger partial charge < -0.3 is 15.5 Å². The summed E-state index contributed by atoms with van der Waals surface area (Å²) in [6.45, 7) is 0.670. The summed E-state index contributed by atoms with van der Waals surface area (Å²) in [7, 11) is 0. The molecule has 1 fully saturated rings. The van der Waals surface area contributed by atoms with Gasteiger partial charge in [0.15, 0.2) is 0 Å². The molecule has 0 radical (unpaired) electrons. The Labute approximate surface area is 110 Å². The van der Waals surface area contributed by atoms with E-state index in [0.29, 0.717) is 28.9 Å². The van der Waals surface area contributed by atoms with Gasteiger partial charge in [-0.3, -0.25) is 4.79 Å². The molecule has 1 heterocycles. The van der Waals surface area contributed by atoms with Gasteiger partial charge in [0.25, 0.3) is 5.56 Å². The predicted octanol–water partition coefficient (Wildman–Crippen LogP) is 2.07. The average molecular weight is 259 g/mol. The lowest BCUT2D eigenvalue weighted by Crippen LogP contribution is -2.15. The van der Waals surface area contributed by atoms with E-state index < -0.39 is 0 Å². The van der Waals surface area contributed by atoms with Crippen molar-refractivity contribution in [2.45, 2.75) is 25.7 Å². The summed E-state index contributed by atoms with van der Waals surface area (Å²) >= 11 is 0. The van der Waals surface area contributed by atoms with Crippen LogP contribution in [0.2, 0.25) is 0 Å². The minimum atomic E-state index is -0.183. The third-order valence-corrected chi connectivity index (χ3v) is 3.78. The summed E-state index contributed by atoms with van der Waals surface area (Å²) in [4.78, 5) is 18.3. The van der Waals surface area contributed by atoms with Crippen molar-refractivity contribution < 1.29 is 4.74 Å². The van der Waals surface area contributed by atoms with Crippen molar-refractivity contribution in [2.24, 2.45) is 5.92 Å². The van der Waals surface area contributed by atoms with E-state index in [0.717, 1.165) is 12.3 Å². The Balaban J connectivity index is 1.78. The fourth-order valence-electron chi connectivity index (χ4n) is 2.35. The van der Waals surface area contributed by atoms with E-state index in [9.17, 15) is 4.79 Å². The minimum absolute atomic E-state index is 0.183. The van der Waals surface area contributed by atoms with E-state index in [2.05, 4.69) is 9.97 Å². The van der Waals surface area contributed by atoms with Crippen LogP contribution in [0.15, 0.2) is 23.3 Å². The number of nitrogens with zero attached hydrogens (tertiary/aromatic N) is 1. The Morgan fingerprint density at radius 3 is 3.00 bits per heavy atom. The number of nitrogen functional groups attached to an aromatic ring is 1. The van der Waals surface area contributed by atoms with Crippen LogP contribution in [0.3, 0.4) is 0 Å². The highest BCUT2D eigenvalue weighted by Crippen LogP contribution is 2.30. The van der Waals surface area contributed by atoms with Gasteiger partial charge in [0.05, 0.1) is 29.5 Å². The average Bonchev–Trinajstić information content (AvgIpc) is 2.34. The molecule has 1 aliphatic carbocycles. The SMILES string of the molecule is Nc1cc2c(=O)[nH]cnc2cc1OCCC1CCC1. The summed E-state index contributed by atoms with van der Waals surface area (Å²) in [5, 5.41) is 0.492. The number of hydrogen-bond acceptors (Lipinski definition) is 4. The Morgan fingerprint density at radius 1 is 1.42 bits per heavy atom. The highest BCUT2D eigenvalue weighted by molar-refractivity contribution is 5.84. The summed E-state index contributed by atoms with van der Waals surface area (Å²) in [5.41, 5.74) is 6.82. The zero-order valence-electron chi connectivity index (χ0n) is 10.7. The number of nitrogens with two attached hydrogens (primary N) is 1. The number of hydrogen-bond donors (Lipinski definition) is 2. The molecule has 3 rings (SSSR count). The molecule has 0 spiro atoms. The number of rotatable bonds is 4. The molecule has 0 atom stereocenters. The first-order valence-corrected chi connectivity index (χ1v) is 6.64. The van der Waals surface area contributed by atoms with E-state index in [4.69, 9.17) is 10.5 Å². The van der Waals surface area contributed by atoms with Crippen LogP contribution in [0.4, 0.5) is 5.69 Å². The number of nitrogens with one attached hydrogen (secondary N) is 1. The van der Waals surface area contributed by atoms with Crippen molar-refractivity contribution in [3.8, 4) is 5.75 Å². The lowest BCUT2D eigenvalue weighted by molar-refractivity contribution is 0.223. The summed E-state index contributed by atoms with van der Waals surface area (Å²) in [6, 6.07) is 3.36. The lowest BCUT2D eigenvalue weighted by Gasteiger charge is -2.25. The largest absolute Gasteiger partial charge is 0.491 e. The highest BCUT2D eigenvalue weighted by Gasteiger charge is 2.17. The molecule has 100 valence electrons. The molecule has 3 N–H and O–H groups in total. The van der Waals surface area contributed by atoms with Crippen molar-refractivity contribution in [1.82, 2.24) is 9.97 Å². The van der Waals surface area contributed by atoms with Gasteiger partial charge >= 0.3 is 0 Å². The maximum atomic E-state index is 11.6. The Bertz CT molecular complexity index is 647. The first-order valence-electron chi connectivity index (χ1n) is 6.64. The van der Waals surface area contributed by atoms with Gasteiger partial charge in [-0.15, -0.1) is 0 Å². The van der Waals surface area contributed by atoms with E-state index >= 15 is 0 Å². The molecular formula is C14H17N3O2. The molecule has 5 heteroatoms. The summed E-state index contributed by atoms with van der Waals surface area (Å²) in [6.07, 6.45) is 6.43. The van der Waals surface area contributed by atoms with E-state index in [1.54, 1.807) is 12.1 Å². The topological polar surface area (TPSA) is 81.0 Å². The van der Waals surface area contributed by atoms with Gasteiger partial charge in [0.2, 0.25) is 0 Å². The number of H-pyrrole nitrogens is 1. The van der Waals surface area contributed by atoms with Gasteiger partial charge in [0.1, 0.15) is 5.75 Å². The normalized spacial score (nSPS) is 15.4.